The molecule has 0 saturated heterocycles. The lowest BCUT2D eigenvalue weighted by atomic mass is 10.0. The SMILES string of the molecule is O=C(O)CCCCC(=O)Nc1ccc2c(c1)C(=Cc1ccc[nH]1)C(=O)N2. The molecule has 2 amide bonds. The highest BCUT2D eigenvalue weighted by molar-refractivity contribution is 6.35. The van der Waals surface area contributed by atoms with E-state index in [4.69, 9.17) is 5.11 Å². The Labute approximate surface area is 150 Å². The van der Waals surface area contributed by atoms with Gasteiger partial charge < -0.3 is 20.7 Å². The molecule has 2 heterocycles. The fourth-order valence-corrected chi connectivity index (χ4v) is 2.78. The Morgan fingerprint density at radius 2 is 1.96 bits per heavy atom. The average Bonchev–Trinajstić information content (AvgIpc) is 3.21. The summed E-state index contributed by atoms with van der Waals surface area (Å²) in [6.07, 6.45) is 4.84. The third-order valence-corrected chi connectivity index (χ3v) is 4.05. The van der Waals surface area contributed by atoms with E-state index >= 15 is 0 Å². The first kappa shape index (κ1) is 17.5. The highest BCUT2D eigenvalue weighted by Gasteiger charge is 2.24. The van der Waals surface area contributed by atoms with Gasteiger partial charge in [0.15, 0.2) is 0 Å². The lowest BCUT2D eigenvalue weighted by Crippen LogP contribution is -2.11. The normalized spacial score (nSPS) is 14.2. The van der Waals surface area contributed by atoms with Crippen molar-refractivity contribution in [3.63, 3.8) is 0 Å². The van der Waals surface area contributed by atoms with E-state index in [1.54, 1.807) is 30.5 Å². The summed E-state index contributed by atoms with van der Waals surface area (Å²) in [4.78, 5) is 37.7. The van der Waals surface area contributed by atoms with Gasteiger partial charge in [0.05, 0.1) is 5.57 Å². The monoisotopic (exact) mass is 353 g/mol. The van der Waals surface area contributed by atoms with E-state index in [9.17, 15) is 14.4 Å². The second-order valence-corrected chi connectivity index (χ2v) is 6.05. The van der Waals surface area contributed by atoms with Crippen molar-refractivity contribution >= 4 is 40.8 Å². The number of carbonyl (C=O) groups is 3. The number of nitrogens with one attached hydrogen (secondary N) is 3. The van der Waals surface area contributed by atoms with Crippen LogP contribution in [-0.4, -0.2) is 27.9 Å². The van der Waals surface area contributed by atoms with E-state index in [0.29, 0.717) is 29.8 Å². The van der Waals surface area contributed by atoms with Gasteiger partial charge in [-0.1, -0.05) is 0 Å². The number of hydrogen-bond donors (Lipinski definition) is 4. The van der Waals surface area contributed by atoms with Crippen LogP contribution in [0.1, 0.15) is 36.9 Å². The number of aromatic amines is 1. The molecule has 0 bridgehead atoms. The van der Waals surface area contributed by atoms with Crippen molar-refractivity contribution in [2.75, 3.05) is 10.6 Å². The molecule has 0 aliphatic carbocycles. The van der Waals surface area contributed by atoms with E-state index in [2.05, 4.69) is 15.6 Å². The van der Waals surface area contributed by atoms with E-state index in [1.165, 1.54) is 0 Å². The number of unbranched alkanes of at least 4 members (excludes halogenated alkanes) is 1. The Hall–Kier alpha value is -3.35. The summed E-state index contributed by atoms with van der Waals surface area (Å²) in [6.45, 7) is 0. The van der Waals surface area contributed by atoms with Crippen LogP contribution in [0.5, 0.6) is 0 Å². The average molecular weight is 353 g/mol. The van der Waals surface area contributed by atoms with Gasteiger partial charge in [-0.05, 0) is 49.2 Å². The van der Waals surface area contributed by atoms with Crippen molar-refractivity contribution in [2.45, 2.75) is 25.7 Å². The molecule has 0 saturated carbocycles. The molecule has 7 heteroatoms. The van der Waals surface area contributed by atoms with Crippen molar-refractivity contribution in [3.8, 4) is 0 Å². The number of carboxylic acids is 1. The minimum atomic E-state index is -0.859. The van der Waals surface area contributed by atoms with Crippen LogP contribution >= 0.6 is 0 Å². The summed E-state index contributed by atoms with van der Waals surface area (Å²) >= 11 is 0. The van der Waals surface area contributed by atoms with Crippen molar-refractivity contribution in [1.29, 1.82) is 0 Å². The van der Waals surface area contributed by atoms with Crippen LogP contribution in [0.3, 0.4) is 0 Å². The van der Waals surface area contributed by atoms with Crippen LogP contribution in [0.25, 0.3) is 11.6 Å². The van der Waals surface area contributed by atoms with E-state index in [-0.39, 0.29) is 24.7 Å². The van der Waals surface area contributed by atoms with Crippen molar-refractivity contribution < 1.29 is 19.5 Å². The van der Waals surface area contributed by atoms with Crippen LogP contribution < -0.4 is 10.6 Å². The Morgan fingerprint density at radius 3 is 2.69 bits per heavy atom. The first-order chi connectivity index (χ1) is 12.5. The zero-order valence-corrected chi connectivity index (χ0v) is 14.0. The smallest absolute Gasteiger partial charge is 0.303 e. The van der Waals surface area contributed by atoms with E-state index in [1.807, 2.05) is 12.1 Å². The van der Waals surface area contributed by atoms with Crippen LogP contribution in [0.15, 0.2) is 36.5 Å². The van der Waals surface area contributed by atoms with Crippen LogP contribution in [0.2, 0.25) is 0 Å². The molecule has 7 nitrogen and oxygen atoms in total. The first-order valence-corrected chi connectivity index (χ1v) is 8.35. The predicted octanol–water partition coefficient (Wildman–Crippen LogP) is 3.09. The zero-order valence-electron chi connectivity index (χ0n) is 14.0. The Kier molecular flexibility index (Phi) is 5.17. The fraction of sp³-hybridized carbons (Fsp3) is 0.211. The maximum atomic E-state index is 12.2. The summed E-state index contributed by atoms with van der Waals surface area (Å²) in [6, 6.07) is 8.95. The van der Waals surface area contributed by atoms with Gasteiger partial charge in [-0.3, -0.25) is 14.4 Å². The van der Waals surface area contributed by atoms with E-state index < -0.39 is 5.97 Å². The molecule has 1 aliphatic rings. The molecule has 0 fully saturated rings. The highest BCUT2D eigenvalue weighted by atomic mass is 16.4. The van der Waals surface area contributed by atoms with Crippen molar-refractivity contribution in [1.82, 2.24) is 4.98 Å². The number of rotatable bonds is 7. The number of H-pyrrole nitrogens is 1. The first-order valence-electron chi connectivity index (χ1n) is 8.35. The Morgan fingerprint density at radius 1 is 1.15 bits per heavy atom. The molecule has 1 aromatic carbocycles. The molecule has 4 N–H and O–H groups in total. The number of fused-ring (bicyclic) bond motifs is 1. The summed E-state index contributed by atoms with van der Waals surface area (Å²) < 4.78 is 0. The lowest BCUT2D eigenvalue weighted by molar-refractivity contribution is -0.137. The molecule has 134 valence electrons. The minimum absolute atomic E-state index is 0.0623. The van der Waals surface area contributed by atoms with E-state index in [0.717, 1.165) is 11.3 Å². The zero-order chi connectivity index (χ0) is 18.5. The number of anilines is 2. The van der Waals surface area contributed by atoms with Gasteiger partial charge in [-0.2, -0.15) is 0 Å². The standard InChI is InChI=1S/C19H19N3O4/c23-17(5-1-2-6-18(24)25)21-13-7-8-16-14(11-13)15(19(26)22-16)10-12-4-3-9-20-12/h3-4,7-11,20H,1-2,5-6H2,(H,21,23)(H,22,26)(H,24,25). The number of amides is 2. The quantitative estimate of drug-likeness (QED) is 0.453. The Balaban J connectivity index is 1.69. The second-order valence-electron chi connectivity index (χ2n) is 6.05. The third kappa shape index (κ3) is 4.18. The number of carbonyl (C=O) groups excluding carboxylic acids is 2. The maximum Gasteiger partial charge on any atom is 0.303 e. The van der Waals surface area contributed by atoms with Crippen molar-refractivity contribution in [3.05, 3.63) is 47.8 Å². The van der Waals surface area contributed by atoms with Gasteiger partial charge in [-0.25, -0.2) is 0 Å². The van der Waals surface area contributed by atoms with Gasteiger partial charge in [0, 0.05) is 41.7 Å². The van der Waals surface area contributed by atoms with Gasteiger partial charge in [0.25, 0.3) is 5.91 Å². The molecule has 0 radical (unpaired) electrons. The van der Waals surface area contributed by atoms with Gasteiger partial charge in [-0.15, -0.1) is 0 Å². The Bertz CT molecular complexity index is 869. The number of aromatic nitrogens is 1. The van der Waals surface area contributed by atoms with Crippen molar-refractivity contribution in [2.24, 2.45) is 0 Å². The fourth-order valence-electron chi connectivity index (χ4n) is 2.78. The second kappa shape index (κ2) is 7.69. The minimum Gasteiger partial charge on any atom is -0.481 e. The molecule has 3 rings (SSSR count). The largest absolute Gasteiger partial charge is 0.481 e. The summed E-state index contributed by atoms with van der Waals surface area (Å²) in [5.74, 6) is -1.23. The molecular weight excluding hydrogens is 334 g/mol. The van der Waals surface area contributed by atoms with Gasteiger partial charge in [0.2, 0.25) is 5.91 Å². The van der Waals surface area contributed by atoms with Crippen LogP contribution in [0.4, 0.5) is 11.4 Å². The third-order valence-electron chi connectivity index (χ3n) is 4.05. The topological polar surface area (TPSA) is 111 Å². The summed E-state index contributed by atoms with van der Waals surface area (Å²) in [5.41, 5.74) is 3.37. The summed E-state index contributed by atoms with van der Waals surface area (Å²) in [7, 11) is 0. The molecule has 1 aromatic heterocycles. The predicted molar refractivity (Wildman–Crippen MR) is 98.5 cm³/mol. The molecule has 2 aromatic rings. The number of benzene rings is 1. The maximum absolute atomic E-state index is 12.2. The summed E-state index contributed by atoms with van der Waals surface area (Å²) in [5, 5.41) is 14.2. The molecule has 0 spiro atoms. The molecular formula is C19H19N3O4. The van der Waals surface area contributed by atoms with Gasteiger partial charge >= 0.3 is 5.97 Å². The molecule has 26 heavy (non-hydrogen) atoms. The molecule has 1 aliphatic heterocycles. The lowest BCUT2D eigenvalue weighted by Gasteiger charge is -2.07. The molecule has 0 atom stereocenters. The molecule has 0 unspecified atom stereocenters. The number of aliphatic carboxylic acids is 1. The van der Waals surface area contributed by atoms with Crippen LogP contribution in [-0.2, 0) is 14.4 Å². The number of carboxylic acid groups (broad SMARTS) is 1. The van der Waals surface area contributed by atoms with Gasteiger partial charge in [0.1, 0.15) is 0 Å². The van der Waals surface area contributed by atoms with Crippen LogP contribution in [0, 0.1) is 0 Å². The highest BCUT2D eigenvalue weighted by Crippen LogP contribution is 2.34. The number of hydrogen-bond acceptors (Lipinski definition) is 3.